The van der Waals surface area contributed by atoms with Gasteiger partial charge in [0.1, 0.15) is 0 Å². The summed E-state index contributed by atoms with van der Waals surface area (Å²) in [6.45, 7) is 0. The molecule has 2 saturated heterocycles. The van der Waals surface area contributed by atoms with Crippen LogP contribution in [0.1, 0.15) is 44.2 Å². The SMILES string of the molecule is CNC1CC2CCC(C1)N2C(=O)CCCc1c[nH]nn1. The molecular weight excluding hydrogens is 254 g/mol. The van der Waals surface area contributed by atoms with Crippen molar-refractivity contribution < 1.29 is 4.79 Å². The first-order valence-corrected chi connectivity index (χ1v) is 7.61. The molecule has 2 atom stereocenters. The smallest absolute Gasteiger partial charge is 0.223 e. The Morgan fingerprint density at radius 2 is 2.20 bits per heavy atom. The molecule has 3 heterocycles. The second kappa shape index (κ2) is 5.91. The van der Waals surface area contributed by atoms with E-state index >= 15 is 0 Å². The summed E-state index contributed by atoms with van der Waals surface area (Å²) in [5, 5.41) is 13.7. The van der Waals surface area contributed by atoms with E-state index in [0.717, 1.165) is 31.4 Å². The van der Waals surface area contributed by atoms with Gasteiger partial charge in [0.25, 0.3) is 0 Å². The van der Waals surface area contributed by atoms with E-state index in [4.69, 9.17) is 0 Å². The van der Waals surface area contributed by atoms with Crippen molar-refractivity contribution in [3.8, 4) is 0 Å². The molecule has 20 heavy (non-hydrogen) atoms. The second-order valence-electron chi connectivity index (χ2n) is 5.96. The highest BCUT2D eigenvalue weighted by Gasteiger charge is 2.42. The van der Waals surface area contributed by atoms with Crippen LogP contribution in [0, 0.1) is 0 Å². The van der Waals surface area contributed by atoms with E-state index < -0.39 is 0 Å². The van der Waals surface area contributed by atoms with Gasteiger partial charge in [-0.05, 0) is 45.6 Å². The van der Waals surface area contributed by atoms with Gasteiger partial charge in [-0.25, -0.2) is 0 Å². The van der Waals surface area contributed by atoms with Gasteiger partial charge in [-0.2, -0.15) is 0 Å². The Bertz CT molecular complexity index is 432. The van der Waals surface area contributed by atoms with Gasteiger partial charge in [0, 0.05) is 30.7 Å². The number of hydrogen-bond acceptors (Lipinski definition) is 4. The second-order valence-corrected chi connectivity index (χ2v) is 5.96. The van der Waals surface area contributed by atoms with Crippen molar-refractivity contribution in [1.82, 2.24) is 25.6 Å². The Kier molecular flexibility index (Phi) is 4.00. The highest BCUT2D eigenvalue weighted by molar-refractivity contribution is 5.77. The molecule has 2 aliphatic rings. The van der Waals surface area contributed by atoms with Crippen LogP contribution in [0.15, 0.2) is 6.20 Å². The van der Waals surface area contributed by atoms with Crippen LogP contribution < -0.4 is 5.32 Å². The number of hydrogen-bond donors (Lipinski definition) is 2. The van der Waals surface area contributed by atoms with Crippen molar-refractivity contribution in [1.29, 1.82) is 0 Å². The zero-order valence-electron chi connectivity index (χ0n) is 12.0. The largest absolute Gasteiger partial charge is 0.337 e. The van der Waals surface area contributed by atoms with Gasteiger partial charge in [0.15, 0.2) is 0 Å². The van der Waals surface area contributed by atoms with Gasteiger partial charge in [-0.3, -0.25) is 9.89 Å². The lowest BCUT2D eigenvalue weighted by molar-refractivity contribution is -0.136. The van der Waals surface area contributed by atoms with Gasteiger partial charge < -0.3 is 10.2 Å². The number of carbonyl (C=O) groups is 1. The molecular formula is C14H23N5O. The van der Waals surface area contributed by atoms with Crippen LogP contribution in [0.25, 0.3) is 0 Å². The number of carbonyl (C=O) groups excluding carboxylic acids is 1. The lowest BCUT2D eigenvalue weighted by atomic mass is 9.97. The number of aromatic nitrogens is 3. The van der Waals surface area contributed by atoms with E-state index in [-0.39, 0.29) is 0 Å². The summed E-state index contributed by atoms with van der Waals surface area (Å²) < 4.78 is 0. The number of nitrogens with zero attached hydrogens (tertiary/aromatic N) is 3. The molecule has 2 N–H and O–H groups in total. The quantitative estimate of drug-likeness (QED) is 0.837. The molecule has 6 heteroatoms. The molecule has 1 aromatic rings. The molecule has 0 aliphatic carbocycles. The van der Waals surface area contributed by atoms with Gasteiger partial charge in [-0.15, -0.1) is 5.10 Å². The average Bonchev–Trinajstić information content (AvgIpc) is 3.05. The Hall–Kier alpha value is -1.43. The van der Waals surface area contributed by atoms with E-state index in [9.17, 15) is 4.79 Å². The first-order chi connectivity index (χ1) is 9.78. The van der Waals surface area contributed by atoms with Crippen molar-refractivity contribution >= 4 is 5.91 Å². The van der Waals surface area contributed by atoms with Crippen LogP contribution in [0.5, 0.6) is 0 Å². The van der Waals surface area contributed by atoms with Crippen molar-refractivity contribution in [3.63, 3.8) is 0 Å². The van der Waals surface area contributed by atoms with Crippen LogP contribution in [0.3, 0.4) is 0 Å². The fraction of sp³-hybridized carbons (Fsp3) is 0.786. The molecule has 3 rings (SSSR count). The van der Waals surface area contributed by atoms with Crippen LogP contribution >= 0.6 is 0 Å². The maximum atomic E-state index is 12.4. The molecule has 0 aromatic carbocycles. The summed E-state index contributed by atoms with van der Waals surface area (Å²) in [6.07, 6.45) is 8.69. The minimum atomic E-state index is 0.329. The molecule has 1 aromatic heterocycles. The maximum Gasteiger partial charge on any atom is 0.223 e. The highest BCUT2D eigenvalue weighted by atomic mass is 16.2. The van der Waals surface area contributed by atoms with Crippen molar-refractivity contribution in [3.05, 3.63) is 11.9 Å². The van der Waals surface area contributed by atoms with Gasteiger partial charge in [0.05, 0.1) is 5.69 Å². The zero-order chi connectivity index (χ0) is 13.9. The minimum absolute atomic E-state index is 0.329. The fourth-order valence-corrected chi connectivity index (χ4v) is 3.72. The number of fused-ring (bicyclic) bond motifs is 2. The summed E-state index contributed by atoms with van der Waals surface area (Å²) in [7, 11) is 2.03. The van der Waals surface area contributed by atoms with Gasteiger partial charge >= 0.3 is 0 Å². The third-order valence-corrected chi connectivity index (χ3v) is 4.72. The monoisotopic (exact) mass is 277 g/mol. The molecule has 0 saturated carbocycles. The fourth-order valence-electron chi connectivity index (χ4n) is 3.72. The van der Waals surface area contributed by atoms with Gasteiger partial charge in [-0.1, -0.05) is 5.21 Å². The Balaban J connectivity index is 1.50. The summed E-state index contributed by atoms with van der Waals surface area (Å²) in [5.41, 5.74) is 0.940. The number of nitrogens with one attached hydrogen (secondary N) is 2. The third kappa shape index (κ3) is 2.70. The lowest BCUT2D eigenvalue weighted by Crippen LogP contribution is -2.50. The standard InChI is InChI=1S/C14H23N5O/c1-15-11-7-12-5-6-13(8-11)19(12)14(20)4-2-3-10-9-16-18-17-10/h9,11-13,15H,2-8H2,1H3,(H,16,17,18). The minimum Gasteiger partial charge on any atom is -0.337 e. The number of rotatable bonds is 5. The molecule has 0 radical (unpaired) electrons. The number of aryl methyl sites for hydroxylation is 1. The zero-order valence-corrected chi connectivity index (χ0v) is 12.0. The van der Waals surface area contributed by atoms with Crippen LogP contribution in [0.4, 0.5) is 0 Å². The van der Waals surface area contributed by atoms with E-state index in [2.05, 4.69) is 25.6 Å². The molecule has 2 unspecified atom stereocenters. The number of H-pyrrole nitrogens is 1. The normalized spacial score (nSPS) is 28.9. The Morgan fingerprint density at radius 3 is 2.80 bits per heavy atom. The van der Waals surface area contributed by atoms with Crippen LogP contribution in [-0.2, 0) is 11.2 Å². The predicted molar refractivity (Wildman–Crippen MR) is 75.1 cm³/mol. The molecule has 6 nitrogen and oxygen atoms in total. The maximum absolute atomic E-state index is 12.4. The number of amides is 1. The Labute approximate surface area is 119 Å². The predicted octanol–water partition coefficient (Wildman–Crippen LogP) is 0.869. The lowest BCUT2D eigenvalue weighted by Gasteiger charge is -2.39. The molecule has 2 bridgehead atoms. The first-order valence-electron chi connectivity index (χ1n) is 7.61. The number of piperidine rings is 1. The first kappa shape index (κ1) is 13.5. The van der Waals surface area contributed by atoms with E-state index in [1.165, 1.54) is 12.8 Å². The van der Waals surface area contributed by atoms with Crippen molar-refractivity contribution in [2.24, 2.45) is 0 Å². The summed E-state index contributed by atoms with van der Waals surface area (Å²) in [4.78, 5) is 14.6. The molecule has 1 amide bonds. The van der Waals surface area contributed by atoms with Crippen LogP contribution in [0.2, 0.25) is 0 Å². The van der Waals surface area contributed by atoms with E-state index in [1.54, 1.807) is 6.20 Å². The van der Waals surface area contributed by atoms with Crippen LogP contribution in [-0.4, -0.2) is 51.4 Å². The van der Waals surface area contributed by atoms with Crippen molar-refractivity contribution in [2.75, 3.05) is 7.05 Å². The Morgan fingerprint density at radius 1 is 1.45 bits per heavy atom. The average molecular weight is 277 g/mol. The molecule has 110 valence electrons. The van der Waals surface area contributed by atoms with E-state index in [0.29, 0.717) is 30.5 Å². The highest BCUT2D eigenvalue weighted by Crippen LogP contribution is 2.36. The number of aromatic amines is 1. The van der Waals surface area contributed by atoms with Gasteiger partial charge in [0.2, 0.25) is 5.91 Å². The topological polar surface area (TPSA) is 73.9 Å². The molecule has 0 spiro atoms. The summed E-state index contributed by atoms with van der Waals surface area (Å²) >= 11 is 0. The summed E-state index contributed by atoms with van der Waals surface area (Å²) in [6, 6.07) is 1.52. The van der Waals surface area contributed by atoms with Crippen molar-refractivity contribution in [2.45, 2.75) is 63.1 Å². The molecule has 2 aliphatic heterocycles. The van der Waals surface area contributed by atoms with E-state index in [1.807, 2.05) is 7.05 Å². The molecule has 2 fully saturated rings. The summed E-state index contributed by atoms with van der Waals surface area (Å²) in [5.74, 6) is 0.329. The third-order valence-electron chi connectivity index (χ3n) is 4.72.